The van der Waals surface area contributed by atoms with Crippen molar-refractivity contribution < 1.29 is 4.79 Å². The van der Waals surface area contributed by atoms with Crippen molar-refractivity contribution in [1.82, 2.24) is 14.8 Å². The summed E-state index contributed by atoms with van der Waals surface area (Å²) in [6, 6.07) is 10.7. The summed E-state index contributed by atoms with van der Waals surface area (Å²) >= 11 is 3.17. The van der Waals surface area contributed by atoms with Gasteiger partial charge in [0.2, 0.25) is 0 Å². The van der Waals surface area contributed by atoms with Crippen LogP contribution >= 0.6 is 23.1 Å². The van der Waals surface area contributed by atoms with Gasteiger partial charge < -0.3 is 9.80 Å². The van der Waals surface area contributed by atoms with Crippen LogP contribution in [0, 0.1) is 5.41 Å². The molecule has 6 heteroatoms. The van der Waals surface area contributed by atoms with Crippen LogP contribution in [-0.2, 0) is 6.42 Å². The van der Waals surface area contributed by atoms with Crippen LogP contribution in [0.2, 0.25) is 0 Å². The van der Waals surface area contributed by atoms with Gasteiger partial charge in [0.05, 0.1) is 0 Å². The first-order valence-corrected chi connectivity index (χ1v) is 11.8. The van der Waals surface area contributed by atoms with E-state index in [0.29, 0.717) is 5.69 Å². The summed E-state index contributed by atoms with van der Waals surface area (Å²) in [5.74, 6) is 0.116. The van der Waals surface area contributed by atoms with Gasteiger partial charge >= 0.3 is 0 Å². The molecule has 0 radical (unpaired) electrons. The number of thioether (sulfide) groups is 1. The van der Waals surface area contributed by atoms with Crippen molar-refractivity contribution in [1.29, 1.82) is 0 Å². The Morgan fingerprint density at radius 3 is 2.85 bits per heavy atom. The van der Waals surface area contributed by atoms with Gasteiger partial charge in [-0.2, -0.15) is 0 Å². The van der Waals surface area contributed by atoms with E-state index in [4.69, 9.17) is 0 Å². The highest BCUT2D eigenvalue weighted by Crippen LogP contribution is 2.39. The van der Waals surface area contributed by atoms with Gasteiger partial charge in [-0.25, -0.2) is 4.98 Å². The maximum absolute atomic E-state index is 12.8. The SMILES string of the molecule is CSc1nc(C(=O)N2CCC3(CCCN(CCc4ccccc4)C3)C2)cs1. The molecule has 0 aliphatic carbocycles. The predicted molar refractivity (Wildman–Crippen MR) is 113 cm³/mol. The molecule has 4 rings (SSSR count). The molecule has 1 aromatic carbocycles. The van der Waals surface area contributed by atoms with Crippen molar-refractivity contribution in [3.05, 3.63) is 47.0 Å². The Morgan fingerprint density at radius 1 is 1.22 bits per heavy atom. The average molecular weight is 402 g/mol. The predicted octanol–water partition coefficient (Wildman–Crippen LogP) is 4.04. The minimum absolute atomic E-state index is 0.116. The minimum atomic E-state index is 0.116. The van der Waals surface area contributed by atoms with E-state index >= 15 is 0 Å². The van der Waals surface area contributed by atoms with E-state index in [0.717, 1.165) is 43.4 Å². The lowest BCUT2D eigenvalue weighted by Gasteiger charge is -2.40. The van der Waals surface area contributed by atoms with E-state index in [1.54, 1.807) is 23.1 Å². The van der Waals surface area contributed by atoms with E-state index in [2.05, 4.69) is 40.2 Å². The van der Waals surface area contributed by atoms with Crippen molar-refractivity contribution in [2.24, 2.45) is 5.41 Å². The van der Waals surface area contributed by atoms with Crippen LogP contribution < -0.4 is 0 Å². The van der Waals surface area contributed by atoms with Gasteiger partial charge in [-0.1, -0.05) is 42.1 Å². The molecular formula is C21H27N3OS2. The van der Waals surface area contributed by atoms with Crippen molar-refractivity contribution in [2.75, 3.05) is 39.0 Å². The number of hydrogen-bond acceptors (Lipinski definition) is 5. The first-order chi connectivity index (χ1) is 13.2. The molecule has 2 saturated heterocycles. The number of benzene rings is 1. The minimum Gasteiger partial charge on any atom is -0.337 e. The Bertz CT molecular complexity index is 779. The molecule has 2 fully saturated rings. The topological polar surface area (TPSA) is 36.4 Å². The second-order valence-corrected chi connectivity index (χ2v) is 9.71. The molecule has 2 aliphatic heterocycles. The van der Waals surface area contributed by atoms with Gasteiger partial charge in [0.25, 0.3) is 5.91 Å². The number of rotatable bonds is 5. The van der Waals surface area contributed by atoms with Crippen molar-refractivity contribution in [3.8, 4) is 0 Å². The Balaban J connectivity index is 1.35. The van der Waals surface area contributed by atoms with Crippen molar-refractivity contribution in [2.45, 2.75) is 30.0 Å². The number of carbonyl (C=O) groups excluding carboxylic acids is 1. The Labute approximate surface area is 170 Å². The fraction of sp³-hybridized carbons (Fsp3) is 0.524. The van der Waals surface area contributed by atoms with Crippen LogP contribution in [-0.4, -0.2) is 59.7 Å². The van der Waals surface area contributed by atoms with Crippen LogP contribution in [0.3, 0.4) is 0 Å². The normalized spacial score (nSPS) is 23.2. The molecule has 1 spiro atoms. The molecule has 0 N–H and O–H groups in total. The summed E-state index contributed by atoms with van der Waals surface area (Å²) in [6.45, 7) is 5.18. The van der Waals surface area contributed by atoms with Gasteiger partial charge in [0, 0.05) is 37.0 Å². The zero-order valence-corrected chi connectivity index (χ0v) is 17.5. The van der Waals surface area contributed by atoms with Crippen molar-refractivity contribution in [3.63, 3.8) is 0 Å². The molecular weight excluding hydrogens is 374 g/mol. The lowest BCUT2D eigenvalue weighted by atomic mass is 9.79. The summed E-state index contributed by atoms with van der Waals surface area (Å²) in [7, 11) is 0. The summed E-state index contributed by atoms with van der Waals surface area (Å²) in [4.78, 5) is 22.0. The number of carbonyl (C=O) groups is 1. The summed E-state index contributed by atoms with van der Waals surface area (Å²) < 4.78 is 0.969. The molecule has 2 aromatic rings. The summed E-state index contributed by atoms with van der Waals surface area (Å²) in [5, 5.41) is 1.91. The molecule has 1 atom stereocenters. The van der Waals surface area contributed by atoms with E-state index in [1.165, 1.54) is 24.9 Å². The number of aromatic nitrogens is 1. The van der Waals surface area contributed by atoms with Gasteiger partial charge in [-0.05, 0) is 44.0 Å². The Hall–Kier alpha value is -1.37. The smallest absolute Gasteiger partial charge is 0.273 e. The zero-order valence-electron chi connectivity index (χ0n) is 15.9. The van der Waals surface area contributed by atoms with Gasteiger partial charge in [0.15, 0.2) is 0 Å². The van der Waals surface area contributed by atoms with Crippen LogP contribution in [0.25, 0.3) is 0 Å². The highest BCUT2D eigenvalue weighted by molar-refractivity contribution is 8.00. The molecule has 2 aliphatic rings. The monoisotopic (exact) mass is 401 g/mol. The second kappa shape index (κ2) is 8.33. The molecule has 1 amide bonds. The van der Waals surface area contributed by atoms with Crippen LogP contribution in [0.4, 0.5) is 0 Å². The van der Waals surface area contributed by atoms with Crippen LogP contribution in [0.1, 0.15) is 35.3 Å². The molecule has 3 heterocycles. The third-order valence-electron chi connectivity index (χ3n) is 5.90. The number of amides is 1. The molecule has 0 bridgehead atoms. The maximum Gasteiger partial charge on any atom is 0.273 e. The molecule has 0 saturated carbocycles. The lowest BCUT2D eigenvalue weighted by Crippen LogP contribution is -2.46. The van der Waals surface area contributed by atoms with Crippen LogP contribution in [0.5, 0.6) is 0 Å². The average Bonchev–Trinajstić information content (AvgIpc) is 3.34. The number of piperidine rings is 1. The number of likely N-dealkylation sites (tertiary alicyclic amines) is 2. The third-order valence-corrected chi connectivity index (χ3v) is 7.77. The van der Waals surface area contributed by atoms with Gasteiger partial charge in [-0.3, -0.25) is 4.79 Å². The van der Waals surface area contributed by atoms with E-state index in [9.17, 15) is 4.79 Å². The highest BCUT2D eigenvalue weighted by atomic mass is 32.2. The van der Waals surface area contributed by atoms with Gasteiger partial charge in [0.1, 0.15) is 10.0 Å². The lowest BCUT2D eigenvalue weighted by molar-refractivity contribution is 0.0687. The Morgan fingerprint density at radius 2 is 2.07 bits per heavy atom. The number of nitrogens with zero attached hydrogens (tertiary/aromatic N) is 3. The first kappa shape index (κ1) is 19.0. The second-order valence-electron chi connectivity index (χ2n) is 7.79. The summed E-state index contributed by atoms with van der Waals surface area (Å²) in [6.07, 6.45) is 6.72. The maximum atomic E-state index is 12.8. The summed E-state index contributed by atoms with van der Waals surface area (Å²) in [5.41, 5.74) is 2.31. The molecule has 1 aromatic heterocycles. The first-order valence-electron chi connectivity index (χ1n) is 9.73. The van der Waals surface area contributed by atoms with E-state index in [1.807, 2.05) is 16.5 Å². The standard InChI is InChI=1S/C21H27N3OS2/c1-26-20-22-18(14-27-20)19(25)24-13-10-21(16-24)9-5-11-23(15-21)12-8-17-6-3-2-4-7-17/h2-4,6-7,14H,5,8-13,15-16H2,1H3. The number of thiazole rings is 1. The molecule has 4 nitrogen and oxygen atoms in total. The Kier molecular flexibility index (Phi) is 5.85. The third kappa shape index (κ3) is 4.39. The van der Waals surface area contributed by atoms with Crippen LogP contribution in [0.15, 0.2) is 40.1 Å². The fourth-order valence-corrected chi connectivity index (χ4v) is 5.72. The zero-order chi connectivity index (χ0) is 18.7. The van der Waals surface area contributed by atoms with Crippen molar-refractivity contribution >= 4 is 29.0 Å². The molecule has 27 heavy (non-hydrogen) atoms. The largest absolute Gasteiger partial charge is 0.337 e. The highest BCUT2D eigenvalue weighted by Gasteiger charge is 2.43. The fourth-order valence-electron chi connectivity index (χ4n) is 4.49. The van der Waals surface area contributed by atoms with E-state index in [-0.39, 0.29) is 11.3 Å². The quantitative estimate of drug-likeness (QED) is 0.709. The van der Waals surface area contributed by atoms with Gasteiger partial charge in [-0.15, -0.1) is 11.3 Å². The molecule has 1 unspecified atom stereocenters. The molecule has 144 valence electrons. The number of hydrogen-bond donors (Lipinski definition) is 0. The van der Waals surface area contributed by atoms with E-state index < -0.39 is 0 Å².